The number of urea groups is 1. The number of carbonyl (C=O) groups is 3. The number of amides is 4. The Labute approximate surface area is 202 Å². The fourth-order valence-corrected chi connectivity index (χ4v) is 5.00. The first-order valence-electron chi connectivity index (χ1n) is 11.5. The Bertz CT molecular complexity index is 1340. The zero-order chi connectivity index (χ0) is 24.2. The lowest BCUT2D eigenvalue weighted by Gasteiger charge is -2.27. The average molecular weight is 469 g/mol. The second-order valence-electron chi connectivity index (χ2n) is 9.00. The molecule has 3 aromatic carbocycles. The SMILES string of the molecule is CC1(c2ccc3c(c2)OCO3)NC(=O)N(CC(=O)N2c3ccccc3CCc3ccccc32)C1=O. The summed E-state index contributed by atoms with van der Waals surface area (Å²) in [5, 5.41) is 2.77. The lowest BCUT2D eigenvalue weighted by molar-refractivity contribution is -0.134. The summed E-state index contributed by atoms with van der Waals surface area (Å²) in [4.78, 5) is 42.8. The van der Waals surface area contributed by atoms with Crippen LogP contribution in [0.4, 0.5) is 16.2 Å². The monoisotopic (exact) mass is 469 g/mol. The molecule has 8 nitrogen and oxygen atoms in total. The van der Waals surface area contributed by atoms with E-state index in [0.29, 0.717) is 17.1 Å². The molecule has 3 aliphatic heterocycles. The molecule has 0 saturated carbocycles. The minimum Gasteiger partial charge on any atom is -0.454 e. The maximum Gasteiger partial charge on any atom is 0.325 e. The molecule has 0 aliphatic carbocycles. The number of benzene rings is 3. The van der Waals surface area contributed by atoms with Gasteiger partial charge in [0.15, 0.2) is 11.5 Å². The maximum atomic E-state index is 13.7. The molecule has 35 heavy (non-hydrogen) atoms. The molecule has 0 aromatic heterocycles. The van der Waals surface area contributed by atoms with Gasteiger partial charge in [0, 0.05) is 0 Å². The highest BCUT2D eigenvalue weighted by atomic mass is 16.7. The standard InChI is InChI=1S/C27H23N3O5/c1-27(19-12-13-22-23(14-19)35-16-34-22)25(32)29(26(33)28-27)15-24(31)30-20-8-4-2-6-17(20)10-11-18-7-3-5-9-21(18)30/h2-9,12-14H,10-11,15-16H2,1H3,(H,28,33). The minimum absolute atomic E-state index is 0.106. The summed E-state index contributed by atoms with van der Waals surface area (Å²) in [6.07, 6.45) is 1.59. The number of fused-ring (bicyclic) bond motifs is 3. The van der Waals surface area contributed by atoms with Gasteiger partial charge in [0.05, 0.1) is 11.4 Å². The van der Waals surface area contributed by atoms with Crippen molar-refractivity contribution in [2.45, 2.75) is 25.3 Å². The van der Waals surface area contributed by atoms with Crippen LogP contribution in [-0.4, -0.2) is 36.1 Å². The van der Waals surface area contributed by atoms with E-state index in [4.69, 9.17) is 9.47 Å². The Morgan fingerprint density at radius 2 is 1.54 bits per heavy atom. The molecule has 3 aromatic rings. The van der Waals surface area contributed by atoms with Gasteiger partial charge in [-0.15, -0.1) is 0 Å². The first-order valence-corrected chi connectivity index (χ1v) is 11.5. The van der Waals surface area contributed by atoms with Crippen LogP contribution in [0.25, 0.3) is 0 Å². The van der Waals surface area contributed by atoms with Crippen molar-refractivity contribution in [3.05, 3.63) is 83.4 Å². The topological polar surface area (TPSA) is 88.2 Å². The van der Waals surface area contributed by atoms with Gasteiger partial charge >= 0.3 is 6.03 Å². The molecule has 1 saturated heterocycles. The Morgan fingerprint density at radius 1 is 0.914 bits per heavy atom. The summed E-state index contributed by atoms with van der Waals surface area (Å²) >= 11 is 0. The van der Waals surface area contributed by atoms with E-state index in [1.54, 1.807) is 30.0 Å². The van der Waals surface area contributed by atoms with Crippen molar-refractivity contribution in [1.82, 2.24) is 10.2 Å². The number of ether oxygens (including phenoxy) is 2. The molecule has 3 heterocycles. The summed E-state index contributed by atoms with van der Waals surface area (Å²) in [7, 11) is 0. The minimum atomic E-state index is -1.33. The van der Waals surface area contributed by atoms with E-state index in [0.717, 1.165) is 40.2 Å². The summed E-state index contributed by atoms with van der Waals surface area (Å²) < 4.78 is 10.8. The van der Waals surface area contributed by atoms with E-state index < -0.39 is 17.5 Å². The largest absolute Gasteiger partial charge is 0.454 e. The number of anilines is 2. The number of nitrogens with zero attached hydrogens (tertiary/aromatic N) is 2. The molecule has 6 rings (SSSR count). The molecule has 0 radical (unpaired) electrons. The molecule has 4 amide bonds. The number of hydrogen-bond donors (Lipinski definition) is 1. The van der Waals surface area contributed by atoms with Crippen LogP contribution in [0.15, 0.2) is 66.7 Å². The quantitative estimate of drug-likeness (QED) is 0.592. The Hall–Kier alpha value is -4.33. The van der Waals surface area contributed by atoms with Crippen LogP contribution < -0.4 is 19.7 Å². The number of carbonyl (C=O) groups excluding carboxylic acids is 3. The molecule has 0 bridgehead atoms. The van der Waals surface area contributed by atoms with Crippen LogP contribution in [0, 0.1) is 0 Å². The Morgan fingerprint density at radius 3 is 2.23 bits per heavy atom. The average Bonchev–Trinajstić information content (AvgIpc) is 3.36. The van der Waals surface area contributed by atoms with Crippen molar-refractivity contribution >= 4 is 29.2 Å². The molecule has 3 aliphatic rings. The van der Waals surface area contributed by atoms with E-state index in [1.807, 2.05) is 48.5 Å². The Balaban J connectivity index is 1.33. The number of rotatable bonds is 3. The summed E-state index contributed by atoms with van der Waals surface area (Å²) in [5.74, 6) is 0.245. The smallest absolute Gasteiger partial charge is 0.325 e. The normalized spacial score (nSPS) is 20.3. The van der Waals surface area contributed by atoms with Crippen molar-refractivity contribution < 1.29 is 23.9 Å². The number of hydrogen-bond acceptors (Lipinski definition) is 5. The van der Waals surface area contributed by atoms with Crippen molar-refractivity contribution in [2.24, 2.45) is 0 Å². The van der Waals surface area contributed by atoms with Crippen LogP contribution in [0.1, 0.15) is 23.6 Å². The van der Waals surface area contributed by atoms with E-state index in [1.165, 1.54) is 0 Å². The molecule has 8 heteroatoms. The molecular formula is C27H23N3O5. The first kappa shape index (κ1) is 21.2. The third-order valence-corrected chi connectivity index (χ3v) is 6.90. The third kappa shape index (κ3) is 3.32. The molecule has 1 fully saturated rings. The van der Waals surface area contributed by atoms with Crippen LogP contribution in [0.5, 0.6) is 11.5 Å². The van der Waals surface area contributed by atoms with Crippen molar-refractivity contribution in [2.75, 3.05) is 18.2 Å². The van der Waals surface area contributed by atoms with Gasteiger partial charge < -0.3 is 14.8 Å². The van der Waals surface area contributed by atoms with E-state index >= 15 is 0 Å². The van der Waals surface area contributed by atoms with Crippen molar-refractivity contribution in [3.63, 3.8) is 0 Å². The van der Waals surface area contributed by atoms with Crippen LogP contribution >= 0.6 is 0 Å². The Kier molecular flexibility index (Phi) is 4.77. The number of nitrogens with one attached hydrogen (secondary N) is 1. The van der Waals surface area contributed by atoms with Crippen molar-refractivity contribution in [3.8, 4) is 11.5 Å². The highest BCUT2D eigenvalue weighted by Crippen LogP contribution is 2.39. The predicted molar refractivity (Wildman–Crippen MR) is 128 cm³/mol. The van der Waals surface area contributed by atoms with Gasteiger partial charge in [-0.05, 0) is 60.7 Å². The summed E-state index contributed by atoms with van der Waals surface area (Å²) in [6.45, 7) is 1.36. The second-order valence-corrected chi connectivity index (χ2v) is 9.00. The summed E-state index contributed by atoms with van der Waals surface area (Å²) in [6, 6.07) is 20.0. The predicted octanol–water partition coefficient (Wildman–Crippen LogP) is 3.65. The zero-order valence-electron chi connectivity index (χ0n) is 19.1. The van der Waals surface area contributed by atoms with Crippen LogP contribution in [0.3, 0.4) is 0 Å². The van der Waals surface area contributed by atoms with E-state index in [2.05, 4.69) is 5.32 Å². The molecule has 176 valence electrons. The first-order chi connectivity index (χ1) is 17.0. The van der Waals surface area contributed by atoms with E-state index in [9.17, 15) is 14.4 Å². The lowest BCUT2D eigenvalue weighted by atomic mass is 9.91. The number of aryl methyl sites for hydroxylation is 2. The van der Waals surface area contributed by atoms with Crippen LogP contribution in [0.2, 0.25) is 0 Å². The molecule has 0 spiro atoms. The highest BCUT2D eigenvalue weighted by molar-refractivity contribution is 6.12. The fourth-order valence-electron chi connectivity index (χ4n) is 5.00. The number of para-hydroxylation sites is 2. The van der Waals surface area contributed by atoms with Gasteiger partial charge in [-0.1, -0.05) is 42.5 Å². The molecule has 1 atom stereocenters. The maximum absolute atomic E-state index is 13.7. The van der Waals surface area contributed by atoms with Gasteiger partial charge in [-0.2, -0.15) is 0 Å². The van der Waals surface area contributed by atoms with Gasteiger partial charge in [-0.25, -0.2) is 4.79 Å². The van der Waals surface area contributed by atoms with Gasteiger partial charge in [-0.3, -0.25) is 19.4 Å². The van der Waals surface area contributed by atoms with Crippen molar-refractivity contribution in [1.29, 1.82) is 0 Å². The second kappa shape index (κ2) is 7.87. The van der Waals surface area contributed by atoms with E-state index in [-0.39, 0.29) is 19.2 Å². The van der Waals surface area contributed by atoms with Gasteiger partial charge in [0.25, 0.3) is 11.8 Å². The fraction of sp³-hybridized carbons (Fsp3) is 0.222. The molecule has 1 N–H and O–H groups in total. The van der Waals surface area contributed by atoms with Gasteiger partial charge in [0.1, 0.15) is 12.1 Å². The summed E-state index contributed by atoms with van der Waals surface area (Å²) in [5.41, 5.74) is 2.85. The molecular weight excluding hydrogens is 446 g/mol. The molecule has 1 unspecified atom stereocenters. The highest BCUT2D eigenvalue weighted by Gasteiger charge is 2.50. The lowest BCUT2D eigenvalue weighted by Crippen LogP contribution is -2.43. The zero-order valence-corrected chi connectivity index (χ0v) is 19.1. The third-order valence-electron chi connectivity index (χ3n) is 6.90. The van der Waals surface area contributed by atoms with Crippen LogP contribution in [-0.2, 0) is 28.0 Å². The number of imide groups is 1. The van der Waals surface area contributed by atoms with Gasteiger partial charge in [0.2, 0.25) is 6.79 Å².